The fourth-order valence-corrected chi connectivity index (χ4v) is 2.92. The molecule has 1 aromatic heterocycles. The van der Waals surface area contributed by atoms with Crippen LogP contribution in [0.25, 0.3) is 0 Å². The topological polar surface area (TPSA) is 146 Å². The average molecular weight is 536 g/mol. The normalized spacial score (nSPS) is 10.7. The van der Waals surface area contributed by atoms with Crippen LogP contribution in [0.3, 0.4) is 0 Å². The first-order chi connectivity index (χ1) is 13.7. The van der Waals surface area contributed by atoms with Crippen LogP contribution in [0.4, 0.5) is 10.7 Å². The fourth-order valence-electron chi connectivity index (χ4n) is 2.00. The first-order valence-electron chi connectivity index (χ1n) is 7.99. The number of nitrogens with one attached hydrogen (secondary N) is 2. The summed E-state index contributed by atoms with van der Waals surface area (Å²) in [6.45, 7) is 1.79. The number of carbonyl (C=O) groups excluding carboxylic acids is 2. The zero-order valence-corrected chi connectivity index (χ0v) is 18.3. The summed E-state index contributed by atoms with van der Waals surface area (Å²) in [7, 11) is -3.23. The molecular formula is C16H17IN4O7S. The second-order valence-electron chi connectivity index (χ2n) is 5.29. The van der Waals surface area contributed by atoms with Crippen LogP contribution in [-0.2, 0) is 15.0 Å². The van der Waals surface area contributed by atoms with Gasteiger partial charge in [-0.05, 0) is 19.1 Å². The first-order valence-corrected chi connectivity index (χ1v) is 10.9. The summed E-state index contributed by atoms with van der Waals surface area (Å²) in [6.07, 6.45) is 0. The molecule has 0 aliphatic heterocycles. The number of aromatic nitrogens is 2. The van der Waals surface area contributed by atoms with Crippen molar-refractivity contribution in [2.75, 3.05) is 23.5 Å². The number of esters is 1. The maximum absolute atomic E-state index is 12.2. The number of anilines is 1. The number of hydrogen-bond donors (Lipinski definition) is 2. The monoisotopic (exact) mass is 536 g/mol. The van der Waals surface area contributed by atoms with E-state index in [1.54, 1.807) is 11.6 Å². The predicted octanol–water partition coefficient (Wildman–Crippen LogP) is 1.83. The van der Waals surface area contributed by atoms with Gasteiger partial charge in [0.05, 0.1) is 7.11 Å². The van der Waals surface area contributed by atoms with Crippen LogP contribution in [0, 0.1) is 6.92 Å². The van der Waals surface area contributed by atoms with Crippen molar-refractivity contribution < 1.29 is 31.7 Å². The van der Waals surface area contributed by atoms with E-state index in [1.165, 1.54) is 37.4 Å². The van der Waals surface area contributed by atoms with Crippen molar-refractivity contribution in [2.24, 2.45) is 0 Å². The van der Waals surface area contributed by atoms with E-state index in [-0.39, 0.29) is 29.7 Å². The Morgan fingerprint density at radius 2 is 1.93 bits per heavy atom. The third-order valence-electron chi connectivity index (χ3n) is 3.10. The highest BCUT2D eigenvalue weighted by molar-refractivity contribution is 14.1. The lowest BCUT2D eigenvalue weighted by molar-refractivity contribution is 0.0531. The molecule has 0 spiro atoms. The molecule has 1 aromatic carbocycles. The lowest BCUT2D eigenvalue weighted by atomic mass is 10.2. The molecule has 29 heavy (non-hydrogen) atoms. The van der Waals surface area contributed by atoms with E-state index in [4.69, 9.17) is 13.7 Å². The zero-order valence-electron chi connectivity index (χ0n) is 15.3. The first kappa shape index (κ1) is 22.6. The van der Waals surface area contributed by atoms with E-state index in [2.05, 4.69) is 15.3 Å². The summed E-state index contributed by atoms with van der Waals surface area (Å²) < 4.78 is 41.3. The Labute approximate surface area is 180 Å². The van der Waals surface area contributed by atoms with Gasteiger partial charge >= 0.3 is 22.3 Å². The van der Waals surface area contributed by atoms with Gasteiger partial charge in [0.2, 0.25) is 11.8 Å². The van der Waals surface area contributed by atoms with E-state index >= 15 is 0 Å². The molecule has 0 radical (unpaired) electrons. The Kier molecular flexibility index (Phi) is 7.95. The quantitative estimate of drug-likeness (QED) is 0.293. The van der Waals surface area contributed by atoms with Gasteiger partial charge in [-0.1, -0.05) is 34.7 Å². The van der Waals surface area contributed by atoms with Crippen LogP contribution < -0.4 is 19.0 Å². The zero-order chi connectivity index (χ0) is 21.4. The number of nitrogens with zero attached hydrogens (tertiary/aromatic N) is 2. The number of ether oxygens (including phenoxy) is 2. The van der Waals surface area contributed by atoms with E-state index in [0.29, 0.717) is 10.1 Å². The lowest BCUT2D eigenvalue weighted by Crippen LogP contribution is -2.37. The highest BCUT2D eigenvalue weighted by Gasteiger charge is 2.22. The number of rotatable bonds is 8. The van der Waals surface area contributed by atoms with Gasteiger partial charge in [-0.15, -0.1) is 0 Å². The molecule has 11 nitrogen and oxygen atoms in total. The summed E-state index contributed by atoms with van der Waals surface area (Å²) in [5.74, 6) is -1.03. The molecule has 0 aliphatic rings. The molecule has 0 aliphatic carbocycles. The summed E-state index contributed by atoms with van der Waals surface area (Å²) in [6, 6.07) is 5.94. The molecule has 1 heterocycles. The Morgan fingerprint density at radius 3 is 2.62 bits per heavy atom. The average Bonchev–Trinajstić information content (AvgIpc) is 2.65. The van der Waals surface area contributed by atoms with E-state index < -0.39 is 22.3 Å². The Hall–Kier alpha value is -2.68. The smallest absolute Gasteiger partial charge is 0.411 e. The molecule has 2 amide bonds. The van der Waals surface area contributed by atoms with Crippen LogP contribution in [0.5, 0.6) is 11.6 Å². The summed E-state index contributed by atoms with van der Waals surface area (Å²) in [5, 5.41) is 2.16. The second kappa shape index (κ2) is 10.2. The molecule has 0 bridgehead atoms. The third kappa shape index (κ3) is 7.01. The SMILES string of the molecule is COc1cc(C)nc(NC(=O)NS(=O)(=O)Oc2ccccc2C(=O)OCCI)n1. The number of methoxy groups -OCH3 is 1. The number of para-hydroxylation sites is 1. The van der Waals surface area contributed by atoms with Crippen molar-refractivity contribution in [2.45, 2.75) is 6.92 Å². The van der Waals surface area contributed by atoms with Crippen molar-refractivity contribution in [3.05, 3.63) is 41.6 Å². The minimum Gasteiger partial charge on any atom is -0.481 e. The number of halogens is 1. The van der Waals surface area contributed by atoms with Gasteiger partial charge in [0.25, 0.3) is 0 Å². The van der Waals surface area contributed by atoms with Crippen LogP contribution in [0.1, 0.15) is 16.1 Å². The van der Waals surface area contributed by atoms with Gasteiger partial charge in [0, 0.05) is 16.2 Å². The molecule has 156 valence electrons. The highest BCUT2D eigenvalue weighted by Crippen LogP contribution is 2.20. The van der Waals surface area contributed by atoms with Crippen molar-refractivity contribution in [1.82, 2.24) is 14.7 Å². The fraction of sp³-hybridized carbons (Fsp3) is 0.250. The van der Waals surface area contributed by atoms with Crippen LogP contribution in [-0.4, -0.2) is 48.5 Å². The van der Waals surface area contributed by atoms with Crippen molar-refractivity contribution in [3.8, 4) is 11.6 Å². The summed E-state index contributed by atoms with van der Waals surface area (Å²) in [5.41, 5.74) is 0.389. The van der Waals surface area contributed by atoms with Gasteiger partial charge < -0.3 is 13.7 Å². The van der Waals surface area contributed by atoms with Crippen molar-refractivity contribution in [1.29, 1.82) is 0 Å². The number of carbonyl (C=O) groups is 2. The minimum absolute atomic E-state index is 0.102. The lowest BCUT2D eigenvalue weighted by Gasteiger charge is -2.12. The summed E-state index contributed by atoms with van der Waals surface area (Å²) >= 11 is 2.02. The Bertz CT molecular complexity index is 1000. The number of benzene rings is 1. The van der Waals surface area contributed by atoms with Crippen LogP contribution >= 0.6 is 22.6 Å². The van der Waals surface area contributed by atoms with Gasteiger partial charge in [-0.3, -0.25) is 5.32 Å². The molecule has 13 heteroatoms. The number of amides is 2. The molecule has 2 rings (SSSR count). The largest absolute Gasteiger partial charge is 0.481 e. The van der Waals surface area contributed by atoms with E-state index in [1.807, 2.05) is 22.6 Å². The maximum atomic E-state index is 12.2. The molecular weight excluding hydrogens is 519 g/mol. The summed E-state index contributed by atoms with van der Waals surface area (Å²) in [4.78, 5) is 31.8. The van der Waals surface area contributed by atoms with Crippen LogP contribution in [0.15, 0.2) is 30.3 Å². The maximum Gasteiger partial charge on any atom is 0.411 e. The number of alkyl halides is 1. The molecule has 0 atom stereocenters. The van der Waals surface area contributed by atoms with Gasteiger partial charge in [-0.2, -0.15) is 13.4 Å². The predicted molar refractivity (Wildman–Crippen MR) is 111 cm³/mol. The Morgan fingerprint density at radius 1 is 1.21 bits per heavy atom. The van der Waals surface area contributed by atoms with Gasteiger partial charge in [0.1, 0.15) is 12.2 Å². The molecule has 2 N–H and O–H groups in total. The second-order valence-corrected chi connectivity index (χ2v) is 7.65. The van der Waals surface area contributed by atoms with E-state index in [0.717, 1.165) is 0 Å². The molecule has 0 fully saturated rings. The standard InChI is InChI=1S/C16H17IN4O7S/c1-10-9-13(26-2)19-15(18-10)20-16(23)21-29(24,25)28-12-6-4-3-5-11(12)14(22)27-8-7-17/h3-6,9H,7-8H2,1-2H3,(H2,18,19,20,21,23). The Balaban J connectivity index is 2.10. The van der Waals surface area contributed by atoms with Crippen molar-refractivity contribution >= 4 is 50.8 Å². The molecule has 0 unspecified atom stereocenters. The van der Waals surface area contributed by atoms with Crippen LogP contribution in [0.2, 0.25) is 0 Å². The van der Waals surface area contributed by atoms with E-state index in [9.17, 15) is 18.0 Å². The molecule has 0 saturated heterocycles. The highest BCUT2D eigenvalue weighted by atomic mass is 127. The van der Waals surface area contributed by atoms with Gasteiger partial charge in [0.15, 0.2) is 5.75 Å². The van der Waals surface area contributed by atoms with Crippen molar-refractivity contribution in [3.63, 3.8) is 0 Å². The number of aryl methyl sites for hydroxylation is 1. The minimum atomic E-state index is -4.61. The molecule has 2 aromatic rings. The van der Waals surface area contributed by atoms with Gasteiger partial charge in [-0.25, -0.2) is 19.3 Å². The number of hydrogen-bond acceptors (Lipinski definition) is 9. The number of urea groups is 1. The molecule has 0 saturated carbocycles. The third-order valence-corrected chi connectivity index (χ3v) is 4.37.